The van der Waals surface area contributed by atoms with Gasteiger partial charge in [0.1, 0.15) is 17.3 Å². The van der Waals surface area contributed by atoms with Crippen LogP contribution in [0.4, 0.5) is 8.78 Å². The Morgan fingerprint density at radius 2 is 1.65 bits per heavy atom. The molecule has 0 unspecified atom stereocenters. The molecule has 0 aliphatic heterocycles. The highest BCUT2D eigenvalue weighted by Crippen LogP contribution is 2.28. The average Bonchev–Trinajstić information content (AvgIpc) is 2.71. The van der Waals surface area contributed by atoms with E-state index in [1.54, 1.807) is 12.1 Å². The van der Waals surface area contributed by atoms with Gasteiger partial charge in [-0.15, -0.1) is 9.89 Å². The Labute approximate surface area is 176 Å². The smallest absolute Gasteiger partial charge is 0.273 e. The lowest BCUT2D eigenvalue weighted by molar-refractivity contribution is -0.116. The third-order valence-corrected chi connectivity index (χ3v) is 4.97. The quantitative estimate of drug-likeness (QED) is 0.537. The Bertz CT molecular complexity index is 1360. The van der Waals surface area contributed by atoms with Crippen LogP contribution in [-0.2, 0) is 11.2 Å². The number of carbonyl (C=O) groups excluding carboxylic acids is 1. The van der Waals surface area contributed by atoms with E-state index in [4.69, 9.17) is 0 Å². The molecule has 5 nitrogen and oxygen atoms in total. The van der Waals surface area contributed by atoms with Crippen molar-refractivity contribution in [3.8, 4) is 11.3 Å². The van der Waals surface area contributed by atoms with Gasteiger partial charge >= 0.3 is 0 Å². The number of aryl methyl sites for hydroxylation is 2. The Hall–Kier alpha value is -3.87. The van der Waals surface area contributed by atoms with Gasteiger partial charge in [0.05, 0.1) is 11.8 Å². The Morgan fingerprint density at radius 3 is 2.35 bits per heavy atom. The van der Waals surface area contributed by atoms with Crippen molar-refractivity contribution in [2.75, 3.05) is 5.43 Å². The van der Waals surface area contributed by atoms with Gasteiger partial charge in [0, 0.05) is 17.0 Å². The molecular formula is C24H19F2N3O2. The molecule has 0 atom stereocenters. The summed E-state index contributed by atoms with van der Waals surface area (Å²) in [5, 5.41) is 5.47. The highest BCUT2D eigenvalue weighted by molar-refractivity contribution is 5.95. The fraction of sp³-hybridized carbons (Fsp3) is 0.125. The zero-order valence-electron chi connectivity index (χ0n) is 16.9. The van der Waals surface area contributed by atoms with Gasteiger partial charge in [0.15, 0.2) is 0 Å². The summed E-state index contributed by atoms with van der Waals surface area (Å²) in [4.78, 5) is 26.3. The Kier molecular flexibility index (Phi) is 5.33. The van der Waals surface area contributed by atoms with E-state index in [9.17, 15) is 18.4 Å². The topological polar surface area (TPSA) is 64.0 Å². The van der Waals surface area contributed by atoms with E-state index in [0.717, 1.165) is 39.7 Å². The molecule has 1 heterocycles. The number of aromatic nitrogens is 2. The van der Waals surface area contributed by atoms with Crippen molar-refractivity contribution < 1.29 is 13.6 Å². The number of hydrogen-bond donors (Lipinski definition) is 1. The Balaban J connectivity index is 1.78. The fourth-order valence-corrected chi connectivity index (χ4v) is 3.51. The minimum atomic E-state index is -0.777. The summed E-state index contributed by atoms with van der Waals surface area (Å²) in [6.07, 6.45) is -0.311. The lowest BCUT2D eigenvalue weighted by Crippen LogP contribution is -2.36. The maximum Gasteiger partial charge on any atom is 0.294 e. The van der Waals surface area contributed by atoms with Crippen LogP contribution in [0.3, 0.4) is 0 Å². The van der Waals surface area contributed by atoms with Gasteiger partial charge in [-0.2, -0.15) is 0 Å². The minimum absolute atomic E-state index is 0.151. The van der Waals surface area contributed by atoms with Crippen molar-refractivity contribution in [1.82, 2.24) is 9.89 Å². The molecular weight excluding hydrogens is 400 g/mol. The zero-order valence-corrected chi connectivity index (χ0v) is 16.9. The molecule has 1 N–H and O–H groups in total. The number of amides is 1. The average molecular weight is 419 g/mol. The molecule has 1 amide bonds. The summed E-state index contributed by atoms with van der Waals surface area (Å²) < 4.78 is 26.8. The molecule has 31 heavy (non-hydrogen) atoms. The molecule has 3 aromatic carbocycles. The maximum absolute atomic E-state index is 13.4. The number of nitrogens with one attached hydrogen (secondary N) is 1. The second kappa shape index (κ2) is 8.10. The largest absolute Gasteiger partial charge is 0.294 e. The highest BCUT2D eigenvalue weighted by atomic mass is 19.1. The van der Waals surface area contributed by atoms with Crippen molar-refractivity contribution >= 4 is 16.7 Å². The molecule has 0 aliphatic rings. The first-order valence-corrected chi connectivity index (χ1v) is 9.66. The number of nitrogens with zero attached hydrogens (tertiary/aromatic N) is 2. The lowest BCUT2D eigenvalue weighted by Gasteiger charge is -2.14. The van der Waals surface area contributed by atoms with Crippen LogP contribution in [0.1, 0.15) is 16.7 Å². The van der Waals surface area contributed by atoms with E-state index >= 15 is 0 Å². The van der Waals surface area contributed by atoms with Crippen LogP contribution in [0.2, 0.25) is 0 Å². The molecule has 0 radical (unpaired) electrons. The summed E-state index contributed by atoms with van der Waals surface area (Å²) in [5.41, 5.74) is 5.48. The van der Waals surface area contributed by atoms with E-state index in [0.29, 0.717) is 16.5 Å². The molecule has 4 aromatic rings. The van der Waals surface area contributed by atoms with Crippen molar-refractivity contribution in [3.05, 3.63) is 99.3 Å². The second-order valence-corrected chi connectivity index (χ2v) is 7.42. The van der Waals surface area contributed by atoms with Crippen LogP contribution >= 0.6 is 0 Å². The first-order chi connectivity index (χ1) is 14.8. The molecule has 0 aliphatic carbocycles. The standard InChI is InChI=1S/C24H19F2N3O2/c1-14-7-8-15(2)21(9-14)23-19-5-3-4-6-20(19)24(31)29(28-23)27-22(30)12-16-10-17(25)13-18(26)11-16/h3-11,13H,12H2,1-2H3,(H,27,30). The maximum atomic E-state index is 13.4. The molecule has 1 aromatic heterocycles. The van der Waals surface area contributed by atoms with Gasteiger partial charge in [-0.25, -0.2) is 14.2 Å². The molecule has 0 fully saturated rings. The first-order valence-electron chi connectivity index (χ1n) is 9.66. The minimum Gasteiger partial charge on any atom is -0.273 e. The van der Waals surface area contributed by atoms with Crippen LogP contribution in [-0.4, -0.2) is 15.8 Å². The van der Waals surface area contributed by atoms with E-state index in [2.05, 4.69) is 10.5 Å². The van der Waals surface area contributed by atoms with Crippen LogP contribution < -0.4 is 11.0 Å². The van der Waals surface area contributed by atoms with Crippen LogP contribution in [0.25, 0.3) is 22.0 Å². The predicted octanol–water partition coefficient (Wildman–Crippen LogP) is 4.27. The van der Waals surface area contributed by atoms with E-state index in [-0.39, 0.29) is 12.0 Å². The first kappa shape index (κ1) is 20.4. The van der Waals surface area contributed by atoms with E-state index < -0.39 is 23.1 Å². The summed E-state index contributed by atoms with van der Waals surface area (Å²) >= 11 is 0. The predicted molar refractivity (Wildman–Crippen MR) is 115 cm³/mol. The molecule has 4 rings (SSSR count). The summed E-state index contributed by atoms with van der Waals surface area (Å²) in [6, 6.07) is 15.8. The highest BCUT2D eigenvalue weighted by Gasteiger charge is 2.16. The molecule has 0 saturated heterocycles. The molecule has 156 valence electrons. The van der Waals surface area contributed by atoms with Crippen molar-refractivity contribution in [3.63, 3.8) is 0 Å². The van der Waals surface area contributed by atoms with Gasteiger partial charge < -0.3 is 0 Å². The summed E-state index contributed by atoms with van der Waals surface area (Å²) in [6.45, 7) is 3.90. The number of hydrogen-bond acceptors (Lipinski definition) is 3. The summed E-state index contributed by atoms with van der Waals surface area (Å²) in [5.74, 6) is -2.18. The van der Waals surface area contributed by atoms with Crippen LogP contribution in [0.5, 0.6) is 0 Å². The van der Waals surface area contributed by atoms with Crippen molar-refractivity contribution in [2.24, 2.45) is 0 Å². The normalized spacial score (nSPS) is 11.0. The van der Waals surface area contributed by atoms with Crippen LogP contribution in [0.15, 0.2) is 65.5 Å². The van der Waals surface area contributed by atoms with Gasteiger partial charge in [-0.1, -0.05) is 35.9 Å². The van der Waals surface area contributed by atoms with E-state index in [1.165, 1.54) is 0 Å². The lowest BCUT2D eigenvalue weighted by atomic mass is 9.99. The fourth-order valence-electron chi connectivity index (χ4n) is 3.51. The number of benzene rings is 3. The van der Waals surface area contributed by atoms with Gasteiger partial charge in [-0.05, 0) is 49.2 Å². The van der Waals surface area contributed by atoms with Crippen LogP contribution in [0, 0.1) is 25.5 Å². The molecule has 0 saturated carbocycles. The van der Waals surface area contributed by atoms with Gasteiger partial charge in [0.25, 0.3) is 5.56 Å². The number of fused-ring (bicyclic) bond motifs is 1. The SMILES string of the molecule is Cc1ccc(C)c(-c2nn(NC(=O)Cc3cc(F)cc(F)c3)c(=O)c3ccccc23)c1. The molecule has 0 bridgehead atoms. The summed E-state index contributed by atoms with van der Waals surface area (Å²) in [7, 11) is 0. The Morgan fingerprint density at radius 1 is 0.968 bits per heavy atom. The van der Waals surface area contributed by atoms with Crippen molar-refractivity contribution in [2.45, 2.75) is 20.3 Å². The number of carbonyl (C=O) groups is 1. The number of halogens is 2. The molecule has 7 heteroatoms. The molecule has 0 spiro atoms. The third kappa shape index (κ3) is 4.21. The van der Waals surface area contributed by atoms with Gasteiger partial charge in [0.2, 0.25) is 5.91 Å². The second-order valence-electron chi connectivity index (χ2n) is 7.42. The monoisotopic (exact) mass is 419 g/mol. The third-order valence-electron chi connectivity index (χ3n) is 4.97. The number of rotatable bonds is 4. The van der Waals surface area contributed by atoms with Crippen molar-refractivity contribution in [1.29, 1.82) is 0 Å². The zero-order chi connectivity index (χ0) is 22.1. The van der Waals surface area contributed by atoms with Gasteiger partial charge in [-0.3, -0.25) is 9.59 Å². The van der Waals surface area contributed by atoms with E-state index in [1.807, 2.05) is 44.2 Å².